The molecule has 1 aliphatic carbocycles. The van der Waals surface area contributed by atoms with Gasteiger partial charge in [0.15, 0.2) is 0 Å². The number of rotatable bonds is 3. The lowest BCUT2D eigenvalue weighted by molar-refractivity contribution is 0.458. The molecule has 1 fully saturated rings. The second-order valence-electron chi connectivity index (χ2n) is 5.70. The van der Waals surface area contributed by atoms with Crippen LogP contribution in [0.25, 0.3) is 0 Å². The van der Waals surface area contributed by atoms with Crippen LogP contribution >= 0.6 is 0 Å². The van der Waals surface area contributed by atoms with Gasteiger partial charge in [0.25, 0.3) is 0 Å². The molecule has 3 nitrogen and oxygen atoms in total. The van der Waals surface area contributed by atoms with Gasteiger partial charge in [-0.15, -0.1) is 0 Å². The lowest BCUT2D eigenvalue weighted by Gasteiger charge is -2.18. The Kier molecular flexibility index (Phi) is 2.38. The van der Waals surface area contributed by atoms with Crippen LogP contribution in [0.4, 0.5) is 0 Å². The molecule has 2 atom stereocenters. The molecule has 3 heteroatoms. The molecule has 1 aromatic heterocycles. The number of imidazole rings is 1. The summed E-state index contributed by atoms with van der Waals surface area (Å²) in [6.07, 6.45) is 5.08. The predicted molar refractivity (Wildman–Crippen MR) is 61.4 cm³/mol. The van der Waals surface area contributed by atoms with Crippen molar-refractivity contribution in [1.29, 1.82) is 0 Å². The Morgan fingerprint density at radius 3 is 2.60 bits per heavy atom. The molecule has 2 unspecified atom stereocenters. The third-order valence-corrected chi connectivity index (χ3v) is 3.55. The summed E-state index contributed by atoms with van der Waals surface area (Å²) in [6.45, 7) is 8.89. The van der Waals surface area contributed by atoms with Gasteiger partial charge in [-0.05, 0) is 17.8 Å². The second kappa shape index (κ2) is 3.34. The van der Waals surface area contributed by atoms with Gasteiger partial charge in [-0.25, -0.2) is 4.98 Å². The molecule has 1 heterocycles. The maximum Gasteiger partial charge on any atom is 0.0951 e. The third kappa shape index (κ3) is 1.81. The fraction of sp³-hybridized carbons (Fsp3) is 0.750. The van der Waals surface area contributed by atoms with Crippen molar-refractivity contribution in [3.8, 4) is 0 Å². The molecule has 1 aliphatic rings. The lowest BCUT2D eigenvalue weighted by atomic mass is 10.0. The molecular weight excluding hydrogens is 186 g/mol. The first-order valence-electron chi connectivity index (χ1n) is 5.71. The number of nitrogens with zero attached hydrogens (tertiary/aromatic N) is 2. The van der Waals surface area contributed by atoms with E-state index in [0.717, 1.165) is 0 Å². The first-order chi connectivity index (χ1) is 6.93. The molecule has 0 amide bonds. The highest BCUT2D eigenvalue weighted by Gasteiger charge is 2.47. The molecule has 0 spiro atoms. The molecule has 1 aromatic rings. The number of aromatic nitrogens is 2. The van der Waals surface area contributed by atoms with Gasteiger partial charge < -0.3 is 10.3 Å². The lowest BCUT2D eigenvalue weighted by Crippen LogP contribution is -2.20. The van der Waals surface area contributed by atoms with Crippen molar-refractivity contribution in [3.05, 3.63) is 18.2 Å². The van der Waals surface area contributed by atoms with Crippen molar-refractivity contribution >= 4 is 0 Å². The highest BCUT2D eigenvalue weighted by Crippen LogP contribution is 2.56. The van der Waals surface area contributed by atoms with Gasteiger partial charge >= 0.3 is 0 Å². The zero-order valence-electron chi connectivity index (χ0n) is 10.1. The van der Waals surface area contributed by atoms with Gasteiger partial charge in [0.05, 0.1) is 12.0 Å². The highest BCUT2D eigenvalue weighted by atomic mass is 15.1. The van der Waals surface area contributed by atoms with Gasteiger partial charge in [-0.1, -0.05) is 27.7 Å². The zero-order valence-corrected chi connectivity index (χ0v) is 10.1. The van der Waals surface area contributed by atoms with Crippen LogP contribution in [0.3, 0.4) is 0 Å². The maximum atomic E-state index is 6.18. The average molecular weight is 207 g/mol. The van der Waals surface area contributed by atoms with Crippen LogP contribution < -0.4 is 5.73 Å². The van der Waals surface area contributed by atoms with E-state index in [2.05, 4.69) is 37.2 Å². The van der Waals surface area contributed by atoms with Crippen LogP contribution in [-0.2, 0) is 0 Å². The monoisotopic (exact) mass is 207 g/mol. The van der Waals surface area contributed by atoms with E-state index in [1.54, 1.807) is 0 Å². The zero-order chi connectivity index (χ0) is 11.2. The Labute approximate surface area is 91.7 Å². The minimum atomic E-state index is 0.101. The summed E-state index contributed by atoms with van der Waals surface area (Å²) in [4.78, 5) is 4.24. The van der Waals surface area contributed by atoms with Crippen LogP contribution in [0.2, 0.25) is 0 Å². The average Bonchev–Trinajstić information content (AvgIpc) is 2.64. The number of nitrogens with two attached hydrogens (primary N) is 1. The van der Waals surface area contributed by atoms with Crippen LogP contribution in [0, 0.1) is 11.3 Å². The fourth-order valence-corrected chi connectivity index (χ4v) is 2.09. The Bertz CT molecular complexity index is 335. The first-order valence-corrected chi connectivity index (χ1v) is 5.71. The second-order valence-corrected chi connectivity index (χ2v) is 5.70. The Morgan fingerprint density at radius 2 is 2.13 bits per heavy atom. The summed E-state index contributed by atoms with van der Waals surface area (Å²) >= 11 is 0. The summed E-state index contributed by atoms with van der Waals surface area (Å²) in [5.41, 5.74) is 7.78. The molecule has 2 rings (SSSR count). The Balaban J connectivity index is 2.24. The summed E-state index contributed by atoms with van der Waals surface area (Å²) in [6, 6.07) is 0.698. The minimum Gasteiger partial charge on any atom is -0.329 e. The standard InChI is InChI=1S/C12H21N3/c1-8(2)11(13)9-6-14-7-15(9)10-5-12(10,3)4/h6-8,10-11H,5,13H2,1-4H3. The normalized spacial score (nSPS) is 25.6. The summed E-state index contributed by atoms with van der Waals surface area (Å²) in [7, 11) is 0. The summed E-state index contributed by atoms with van der Waals surface area (Å²) in [5, 5.41) is 0. The van der Waals surface area contributed by atoms with Crippen molar-refractivity contribution in [3.63, 3.8) is 0 Å². The third-order valence-electron chi connectivity index (χ3n) is 3.55. The molecule has 0 saturated heterocycles. The maximum absolute atomic E-state index is 6.18. The van der Waals surface area contributed by atoms with Crippen molar-refractivity contribution < 1.29 is 0 Å². The Hall–Kier alpha value is -0.830. The largest absolute Gasteiger partial charge is 0.329 e. The minimum absolute atomic E-state index is 0.101. The molecule has 84 valence electrons. The summed E-state index contributed by atoms with van der Waals surface area (Å²) in [5.74, 6) is 0.460. The summed E-state index contributed by atoms with van der Waals surface area (Å²) < 4.78 is 2.27. The molecule has 0 aliphatic heterocycles. The predicted octanol–water partition coefficient (Wildman–Crippen LogP) is 2.51. The highest BCUT2D eigenvalue weighted by molar-refractivity contribution is 5.13. The van der Waals surface area contributed by atoms with E-state index < -0.39 is 0 Å². The molecule has 0 radical (unpaired) electrons. The van der Waals surface area contributed by atoms with Gasteiger partial charge in [0.2, 0.25) is 0 Å². The van der Waals surface area contributed by atoms with E-state index in [1.807, 2.05) is 12.5 Å². The van der Waals surface area contributed by atoms with Gasteiger partial charge in [0, 0.05) is 18.3 Å². The fourth-order valence-electron chi connectivity index (χ4n) is 2.09. The van der Waals surface area contributed by atoms with E-state index in [1.165, 1.54) is 12.1 Å². The van der Waals surface area contributed by atoms with Crippen LogP contribution in [-0.4, -0.2) is 9.55 Å². The van der Waals surface area contributed by atoms with E-state index in [9.17, 15) is 0 Å². The molecular formula is C12H21N3. The SMILES string of the molecule is CC(C)C(N)c1cncn1C1CC1(C)C. The smallest absolute Gasteiger partial charge is 0.0951 e. The number of hydrogen-bond donors (Lipinski definition) is 1. The van der Waals surface area contributed by atoms with Crippen molar-refractivity contribution in [1.82, 2.24) is 9.55 Å². The van der Waals surface area contributed by atoms with E-state index in [0.29, 0.717) is 17.4 Å². The molecule has 15 heavy (non-hydrogen) atoms. The molecule has 2 N–H and O–H groups in total. The van der Waals surface area contributed by atoms with Crippen molar-refractivity contribution in [2.75, 3.05) is 0 Å². The topological polar surface area (TPSA) is 43.8 Å². The molecule has 0 aromatic carbocycles. The van der Waals surface area contributed by atoms with E-state index in [4.69, 9.17) is 5.73 Å². The number of hydrogen-bond acceptors (Lipinski definition) is 2. The van der Waals surface area contributed by atoms with Crippen LogP contribution in [0.1, 0.15) is 51.9 Å². The van der Waals surface area contributed by atoms with E-state index >= 15 is 0 Å². The van der Waals surface area contributed by atoms with E-state index in [-0.39, 0.29) is 6.04 Å². The van der Waals surface area contributed by atoms with Gasteiger partial charge in [0.1, 0.15) is 0 Å². The van der Waals surface area contributed by atoms with Gasteiger partial charge in [-0.2, -0.15) is 0 Å². The molecule has 0 bridgehead atoms. The van der Waals surface area contributed by atoms with Gasteiger partial charge in [-0.3, -0.25) is 0 Å². The quantitative estimate of drug-likeness (QED) is 0.827. The van der Waals surface area contributed by atoms with Crippen molar-refractivity contribution in [2.45, 2.75) is 46.2 Å². The molecule has 1 saturated carbocycles. The van der Waals surface area contributed by atoms with Crippen LogP contribution in [0.5, 0.6) is 0 Å². The Morgan fingerprint density at radius 1 is 1.53 bits per heavy atom. The first kappa shape index (κ1) is 10.7. The van der Waals surface area contributed by atoms with Crippen molar-refractivity contribution in [2.24, 2.45) is 17.1 Å². The van der Waals surface area contributed by atoms with Crippen LogP contribution in [0.15, 0.2) is 12.5 Å².